The lowest BCUT2D eigenvalue weighted by molar-refractivity contribution is -0.133. The number of urea groups is 1. The first-order chi connectivity index (χ1) is 17.9. The van der Waals surface area contributed by atoms with Crippen LogP contribution in [0.5, 0.6) is 0 Å². The van der Waals surface area contributed by atoms with Gasteiger partial charge >= 0.3 is 6.03 Å². The van der Waals surface area contributed by atoms with Crippen LogP contribution in [0.1, 0.15) is 28.6 Å². The van der Waals surface area contributed by atoms with E-state index in [0.717, 1.165) is 15.7 Å². The van der Waals surface area contributed by atoms with Crippen molar-refractivity contribution < 1.29 is 23.6 Å². The molecular weight excluding hydrogens is 472 g/mol. The number of imide groups is 1. The van der Waals surface area contributed by atoms with Gasteiger partial charge in [0.1, 0.15) is 17.8 Å². The van der Waals surface area contributed by atoms with Gasteiger partial charge in [-0.2, -0.15) is 0 Å². The first-order valence-electron chi connectivity index (χ1n) is 11.7. The van der Waals surface area contributed by atoms with Crippen LogP contribution < -0.4 is 16.0 Å². The van der Waals surface area contributed by atoms with Gasteiger partial charge in [0.25, 0.3) is 11.8 Å². The number of anilines is 1. The number of carbonyl (C=O) groups is 4. The third-order valence-electron chi connectivity index (χ3n) is 6.35. The summed E-state index contributed by atoms with van der Waals surface area (Å²) in [6, 6.07) is 22.4. The molecule has 1 saturated heterocycles. The van der Waals surface area contributed by atoms with Crippen molar-refractivity contribution in [3.63, 3.8) is 0 Å². The maximum absolute atomic E-state index is 13.4. The topological polar surface area (TPSA) is 121 Å². The normalized spacial score (nSPS) is 17.1. The molecule has 9 heteroatoms. The summed E-state index contributed by atoms with van der Waals surface area (Å²) in [5.41, 5.74) is -0.194. The zero-order valence-electron chi connectivity index (χ0n) is 20.0. The van der Waals surface area contributed by atoms with Gasteiger partial charge in [-0.25, -0.2) is 4.79 Å². The third kappa shape index (κ3) is 4.54. The molecule has 1 aromatic heterocycles. The third-order valence-corrected chi connectivity index (χ3v) is 6.35. The molecule has 9 nitrogen and oxygen atoms in total. The fourth-order valence-corrected chi connectivity index (χ4v) is 4.48. The smallest absolute Gasteiger partial charge is 0.325 e. The first-order valence-corrected chi connectivity index (χ1v) is 11.7. The van der Waals surface area contributed by atoms with E-state index in [1.165, 1.54) is 6.26 Å². The molecule has 3 N–H and O–H groups in total. The van der Waals surface area contributed by atoms with Crippen molar-refractivity contribution in [2.24, 2.45) is 0 Å². The number of fused-ring (bicyclic) bond motifs is 1. The van der Waals surface area contributed by atoms with Gasteiger partial charge < -0.3 is 20.4 Å². The van der Waals surface area contributed by atoms with Crippen LogP contribution in [0, 0.1) is 0 Å². The molecule has 2 heterocycles. The van der Waals surface area contributed by atoms with Gasteiger partial charge in [0.2, 0.25) is 5.91 Å². The SMILES string of the molecule is C[C@@]1(c2cccc3ccccc23)NC(=O)N(CC(=O)Nc2ccccc2C(=O)NCc2ccco2)C1=O. The number of nitrogens with one attached hydrogen (secondary N) is 3. The molecule has 1 aliphatic rings. The van der Waals surface area contributed by atoms with Crippen molar-refractivity contribution >= 4 is 40.2 Å². The Morgan fingerprint density at radius 2 is 1.70 bits per heavy atom. The lowest BCUT2D eigenvalue weighted by Gasteiger charge is -2.24. The number of para-hydroxylation sites is 1. The van der Waals surface area contributed by atoms with Crippen molar-refractivity contribution in [3.8, 4) is 0 Å². The molecule has 3 aromatic carbocycles. The minimum absolute atomic E-state index is 0.184. The molecule has 0 saturated carbocycles. The average Bonchev–Trinajstić information content (AvgIpc) is 3.50. The van der Waals surface area contributed by atoms with Crippen LogP contribution in [-0.4, -0.2) is 35.2 Å². The molecule has 5 rings (SSSR count). The highest BCUT2D eigenvalue weighted by Gasteiger charge is 2.50. The Bertz CT molecular complexity index is 1510. The molecule has 0 spiro atoms. The van der Waals surface area contributed by atoms with E-state index in [-0.39, 0.29) is 17.8 Å². The summed E-state index contributed by atoms with van der Waals surface area (Å²) in [4.78, 5) is 52.7. The van der Waals surface area contributed by atoms with E-state index in [0.29, 0.717) is 11.3 Å². The molecule has 5 amide bonds. The lowest BCUT2D eigenvalue weighted by Crippen LogP contribution is -2.42. The summed E-state index contributed by atoms with van der Waals surface area (Å²) in [6.45, 7) is 1.31. The summed E-state index contributed by atoms with van der Waals surface area (Å²) in [5, 5.41) is 9.90. The predicted molar refractivity (Wildman–Crippen MR) is 136 cm³/mol. The molecular formula is C28H24N4O5. The van der Waals surface area contributed by atoms with Crippen molar-refractivity contribution in [2.45, 2.75) is 19.0 Å². The second-order valence-electron chi connectivity index (χ2n) is 8.83. The van der Waals surface area contributed by atoms with Crippen LogP contribution in [0.4, 0.5) is 10.5 Å². The average molecular weight is 497 g/mol. The molecule has 0 aliphatic carbocycles. The highest BCUT2D eigenvalue weighted by Crippen LogP contribution is 2.33. The van der Waals surface area contributed by atoms with Crippen molar-refractivity contribution in [2.75, 3.05) is 11.9 Å². The second kappa shape index (κ2) is 9.62. The first kappa shape index (κ1) is 23.8. The minimum atomic E-state index is -1.33. The molecule has 0 bridgehead atoms. The summed E-state index contributed by atoms with van der Waals surface area (Å²) >= 11 is 0. The summed E-state index contributed by atoms with van der Waals surface area (Å²) < 4.78 is 5.22. The Balaban J connectivity index is 1.31. The molecule has 0 unspecified atom stereocenters. The highest BCUT2D eigenvalue weighted by molar-refractivity contribution is 6.12. The Morgan fingerprint density at radius 3 is 2.51 bits per heavy atom. The van der Waals surface area contributed by atoms with Gasteiger partial charge in [0.05, 0.1) is 24.1 Å². The van der Waals surface area contributed by atoms with E-state index >= 15 is 0 Å². The number of benzene rings is 3. The van der Waals surface area contributed by atoms with Crippen molar-refractivity contribution in [1.29, 1.82) is 0 Å². The van der Waals surface area contributed by atoms with E-state index in [4.69, 9.17) is 4.42 Å². The molecule has 0 radical (unpaired) electrons. The summed E-state index contributed by atoms with van der Waals surface area (Å²) in [7, 11) is 0. The van der Waals surface area contributed by atoms with Crippen LogP contribution >= 0.6 is 0 Å². The van der Waals surface area contributed by atoms with Gasteiger partial charge in [0.15, 0.2) is 0 Å². The number of amides is 5. The second-order valence-corrected chi connectivity index (χ2v) is 8.83. The van der Waals surface area contributed by atoms with Crippen molar-refractivity contribution in [1.82, 2.24) is 15.5 Å². The Kier molecular flexibility index (Phi) is 6.19. The molecule has 37 heavy (non-hydrogen) atoms. The van der Waals surface area contributed by atoms with E-state index < -0.39 is 35.8 Å². The van der Waals surface area contributed by atoms with E-state index in [1.807, 2.05) is 36.4 Å². The fourth-order valence-electron chi connectivity index (χ4n) is 4.48. The fraction of sp³-hybridized carbons (Fsp3) is 0.143. The number of carbonyl (C=O) groups excluding carboxylic acids is 4. The summed E-state index contributed by atoms with van der Waals surface area (Å²) in [5.74, 6) is -0.973. The monoisotopic (exact) mass is 496 g/mol. The molecule has 1 atom stereocenters. The van der Waals surface area contributed by atoms with E-state index in [9.17, 15) is 19.2 Å². The molecule has 1 fully saturated rings. The van der Waals surface area contributed by atoms with E-state index in [1.54, 1.807) is 49.4 Å². The summed E-state index contributed by atoms with van der Waals surface area (Å²) in [6.07, 6.45) is 1.51. The van der Waals surface area contributed by atoms with Crippen molar-refractivity contribution in [3.05, 3.63) is 102 Å². The maximum atomic E-state index is 13.4. The zero-order chi connectivity index (χ0) is 26.0. The number of nitrogens with zero attached hydrogens (tertiary/aromatic N) is 1. The molecule has 1 aliphatic heterocycles. The van der Waals surface area contributed by atoms with Gasteiger partial charge in [0, 0.05) is 0 Å². The van der Waals surface area contributed by atoms with Gasteiger partial charge in [-0.15, -0.1) is 0 Å². The van der Waals surface area contributed by atoms with Gasteiger partial charge in [-0.3, -0.25) is 19.3 Å². The quantitative estimate of drug-likeness (QED) is 0.337. The maximum Gasteiger partial charge on any atom is 0.325 e. The number of hydrogen-bond donors (Lipinski definition) is 3. The Labute approximate surface area is 212 Å². The Morgan fingerprint density at radius 1 is 0.946 bits per heavy atom. The highest BCUT2D eigenvalue weighted by atomic mass is 16.3. The zero-order valence-corrected chi connectivity index (χ0v) is 20.0. The van der Waals surface area contributed by atoms with Gasteiger partial charge in [-0.1, -0.05) is 54.6 Å². The van der Waals surface area contributed by atoms with Crippen LogP contribution in [-0.2, 0) is 21.7 Å². The van der Waals surface area contributed by atoms with E-state index in [2.05, 4.69) is 16.0 Å². The lowest BCUT2D eigenvalue weighted by atomic mass is 9.88. The van der Waals surface area contributed by atoms with Crippen LogP contribution in [0.15, 0.2) is 89.5 Å². The Hall–Kier alpha value is -4.92. The predicted octanol–water partition coefficient (Wildman–Crippen LogP) is 3.77. The van der Waals surface area contributed by atoms with Crippen LogP contribution in [0.25, 0.3) is 10.8 Å². The number of hydrogen-bond acceptors (Lipinski definition) is 5. The van der Waals surface area contributed by atoms with Crippen LogP contribution in [0.2, 0.25) is 0 Å². The molecule has 4 aromatic rings. The largest absolute Gasteiger partial charge is 0.467 e. The minimum Gasteiger partial charge on any atom is -0.467 e. The molecule has 186 valence electrons. The van der Waals surface area contributed by atoms with Crippen LogP contribution in [0.3, 0.4) is 0 Å². The standard InChI is InChI=1S/C28H24N4O5/c1-28(22-13-6-9-18-8-2-3-11-20(18)22)26(35)32(27(36)31-28)17-24(33)30-23-14-5-4-12-21(23)25(34)29-16-19-10-7-15-37-19/h2-15H,16-17H2,1H3,(H,29,34)(H,30,33)(H,31,36)/t28-/m0/s1. The van der Waals surface area contributed by atoms with Gasteiger partial charge in [-0.05, 0) is 47.5 Å². The number of furan rings is 1. The number of rotatable bonds is 7.